The highest BCUT2D eigenvalue weighted by molar-refractivity contribution is 6.01. The van der Waals surface area contributed by atoms with E-state index in [1.165, 1.54) is 27.8 Å². The average Bonchev–Trinajstić information content (AvgIpc) is 3.53. The lowest BCUT2D eigenvalue weighted by Crippen LogP contribution is -2.11. The Labute approximate surface area is 325 Å². The second-order valence-corrected chi connectivity index (χ2v) is 17.1. The summed E-state index contributed by atoms with van der Waals surface area (Å²) in [5.74, 6) is 0.903. The quantitative estimate of drug-likeness (QED) is 0.193. The number of hydrogen-bond acceptors (Lipinski definition) is 3. The van der Waals surface area contributed by atoms with Crippen LogP contribution >= 0.6 is 0 Å². The third-order valence-electron chi connectivity index (χ3n) is 11.1. The van der Waals surface area contributed by atoms with Crippen molar-refractivity contribution in [1.82, 2.24) is 14.5 Å². The minimum atomic E-state index is -0.121. The summed E-state index contributed by atoms with van der Waals surface area (Å²) in [6.45, 7) is 19.8. The number of nitrogens with zero attached hydrogens (tertiary/aromatic N) is 3. The van der Waals surface area contributed by atoms with Crippen LogP contribution in [0.2, 0.25) is 0 Å². The van der Waals surface area contributed by atoms with Gasteiger partial charge in [-0.2, -0.15) is 0 Å². The van der Waals surface area contributed by atoms with E-state index in [-0.39, 0.29) is 16.6 Å². The van der Waals surface area contributed by atoms with Gasteiger partial charge in [0.15, 0.2) is 0 Å². The Morgan fingerprint density at radius 2 is 1.16 bits per heavy atom. The molecule has 4 heteroatoms. The highest BCUT2D eigenvalue weighted by atomic mass is 16.3. The van der Waals surface area contributed by atoms with Crippen LogP contribution in [0, 0.1) is 20.8 Å². The number of pyridine rings is 1. The molecule has 0 aliphatic heterocycles. The van der Waals surface area contributed by atoms with Crippen LogP contribution in [0.25, 0.3) is 72.4 Å². The topological polar surface area (TPSA) is 50.9 Å². The fourth-order valence-corrected chi connectivity index (χ4v) is 7.95. The van der Waals surface area contributed by atoms with Crippen molar-refractivity contribution in [1.29, 1.82) is 0 Å². The summed E-state index contributed by atoms with van der Waals surface area (Å²) >= 11 is 0. The Morgan fingerprint density at radius 3 is 1.85 bits per heavy atom. The van der Waals surface area contributed by atoms with Crippen molar-refractivity contribution >= 4 is 21.9 Å². The molecule has 0 bridgehead atoms. The van der Waals surface area contributed by atoms with E-state index in [2.05, 4.69) is 176 Å². The van der Waals surface area contributed by atoms with Crippen LogP contribution in [-0.2, 0) is 10.8 Å². The maximum absolute atomic E-state index is 11.6. The van der Waals surface area contributed by atoms with Crippen molar-refractivity contribution in [2.75, 3.05) is 0 Å². The Hall–Kier alpha value is -6.00. The van der Waals surface area contributed by atoms with Gasteiger partial charge in [0.25, 0.3) is 0 Å². The summed E-state index contributed by atoms with van der Waals surface area (Å²) in [5, 5.41) is 12.8. The molecular weight excluding hydrogens is 671 g/mol. The van der Waals surface area contributed by atoms with Crippen LogP contribution < -0.4 is 0 Å². The van der Waals surface area contributed by atoms with E-state index in [0.29, 0.717) is 11.4 Å². The van der Waals surface area contributed by atoms with Crippen molar-refractivity contribution in [2.45, 2.75) is 73.1 Å². The molecule has 0 aliphatic rings. The number of benzene rings is 6. The van der Waals surface area contributed by atoms with Crippen molar-refractivity contribution in [2.24, 2.45) is 0 Å². The summed E-state index contributed by atoms with van der Waals surface area (Å²) in [6, 6.07) is 43.1. The Bertz CT molecular complexity index is 2730. The van der Waals surface area contributed by atoms with Gasteiger partial charge in [0.1, 0.15) is 11.6 Å². The first-order valence-corrected chi connectivity index (χ1v) is 19.2. The number of aromatic nitrogens is 3. The predicted octanol–water partition coefficient (Wildman–Crippen LogP) is 13.5. The SMILES string of the molecule is Cc1cccc(C)c1-c1cc(-c2cccc(-c3cccc4c(C)ccnc34)c2)c2nc(-c3cc(C(C)(C)C)ccc3O)n(-c3ccc(C(C)(C)C)cc3)c2c1. The normalized spacial score (nSPS) is 12.2. The van der Waals surface area contributed by atoms with Gasteiger partial charge in [0, 0.05) is 28.4 Å². The van der Waals surface area contributed by atoms with Crippen molar-refractivity contribution < 1.29 is 5.11 Å². The Morgan fingerprint density at radius 1 is 0.527 bits per heavy atom. The lowest BCUT2D eigenvalue weighted by molar-refractivity contribution is 0.475. The summed E-state index contributed by atoms with van der Waals surface area (Å²) in [5.41, 5.74) is 17.1. The van der Waals surface area contributed by atoms with E-state index in [9.17, 15) is 5.11 Å². The molecule has 0 amide bonds. The second kappa shape index (κ2) is 13.4. The fraction of sp³-hybridized carbons (Fsp3) is 0.216. The number of aryl methyl sites for hydroxylation is 3. The minimum absolute atomic E-state index is 0.00366. The van der Waals surface area contributed by atoms with E-state index in [1.807, 2.05) is 18.3 Å². The number of phenols is 1. The van der Waals surface area contributed by atoms with E-state index in [4.69, 9.17) is 9.97 Å². The van der Waals surface area contributed by atoms with Crippen LogP contribution in [0.15, 0.2) is 128 Å². The summed E-state index contributed by atoms with van der Waals surface area (Å²) in [7, 11) is 0. The average molecular weight is 720 g/mol. The maximum atomic E-state index is 11.6. The number of phenolic OH excluding ortho intramolecular Hbond substituents is 1. The zero-order valence-corrected chi connectivity index (χ0v) is 33.4. The van der Waals surface area contributed by atoms with Gasteiger partial charge in [0.2, 0.25) is 0 Å². The molecule has 6 aromatic carbocycles. The molecule has 4 nitrogen and oxygen atoms in total. The highest BCUT2D eigenvalue weighted by Gasteiger charge is 2.25. The zero-order chi connectivity index (χ0) is 38.8. The van der Waals surface area contributed by atoms with E-state index < -0.39 is 0 Å². The number of rotatable bonds is 5. The largest absolute Gasteiger partial charge is 0.507 e. The predicted molar refractivity (Wildman–Crippen MR) is 231 cm³/mol. The van der Waals surface area contributed by atoms with Crippen LogP contribution in [0.3, 0.4) is 0 Å². The monoisotopic (exact) mass is 719 g/mol. The number of para-hydroxylation sites is 1. The summed E-state index contributed by atoms with van der Waals surface area (Å²) < 4.78 is 2.24. The third-order valence-corrected chi connectivity index (χ3v) is 11.1. The summed E-state index contributed by atoms with van der Waals surface area (Å²) in [4.78, 5) is 10.4. The van der Waals surface area contributed by atoms with E-state index in [0.717, 1.165) is 61.0 Å². The summed E-state index contributed by atoms with van der Waals surface area (Å²) in [6.07, 6.45) is 1.90. The number of fused-ring (bicyclic) bond motifs is 2. The van der Waals surface area contributed by atoms with Gasteiger partial charge < -0.3 is 5.11 Å². The van der Waals surface area contributed by atoms with Crippen molar-refractivity contribution in [3.05, 3.63) is 155 Å². The molecule has 2 heterocycles. The molecule has 0 saturated carbocycles. The molecule has 1 N–H and O–H groups in total. The van der Waals surface area contributed by atoms with Crippen LogP contribution in [-0.4, -0.2) is 19.6 Å². The maximum Gasteiger partial charge on any atom is 0.149 e. The lowest BCUT2D eigenvalue weighted by atomic mass is 9.86. The second-order valence-electron chi connectivity index (χ2n) is 17.1. The van der Waals surface area contributed by atoms with Crippen LogP contribution in [0.1, 0.15) is 69.4 Å². The van der Waals surface area contributed by atoms with Gasteiger partial charge in [-0.3, -0.25) is 9.55 Å². The minimum Gasteiger partial charge on any atom is -0.507 e. The fourth-order valence-electron chi connectivity index (χ4n) is 7.95. The Kier molecular flexibility index (Phi) is 8.76. The molecule has 0 unspecified atom stereocenters. The molecule has 0 fully saturated rings. The van der Waals surface area contributed by atoms with Crippen molar-refractivity contribution in [3.8, 4) is 56.2 Å². The standard InChI is InChI=1S/C51H49N3O/c1-31-25-26-52-47-40(31)17-12-18-41(47)34-15-11-16-35(27-34)42-28-36(46-32(2)13-10-14-33(46)3)29-44-48(42)53-49(43-30-38(51(7,8)9)21-24-45(43)55)54(44)39-22-19-37(20-23-39)50(4,5)6/h10-30,55H,1-9H3. The van der Waals surface area contributed by atoms with Crippen LogP contribution in [0.5, 0.6) is 5.75 Å². The van der Waals surface area contributed by atoms with E-state index >= 15 is 0 Å². The molecular formula is C51H49N3O. The zero-order valence-electron chi connectivity index (χ0n) is 33.4. The molecule has 8 rings (SSSR count). The van der Waals surface area contributed by atoms with E-state index in [1.54, 1.807) is 0 Å². The number of imidazole rings is 1. The molecule has 0 radical (unpaired) electrons. The number of hydrogen-bond donors (Lipinski definition) is 1. The molecule has 8 aromatic rings. The van der Waals surface area contributed by atoms with Gasteiger partial charge in [0.05, 0.1) is 22.1 Å². The molecule has 0 spiro atoms. The van der Waals surface area contributed by atoms with Gasteiger partial charge in [-0.25, -0.2) is 4.98 Å². The first-order valence-electron chi connectivity index (χ1n) is 19.2. The first kappa shape index (κ1) is 36.0. The Balaban J connectivity index is 1.47. The molecule has 0 saturated heterocycles. The van der Waals surface area contributed by atoms with Gasteiger partial charge in [-0.1, -0.05) is 114 Å². The molecule has 2 aromatic heterocycles. The van der Waals surface area contributed by atoms with Gasteiger partial charge >= 0.3 is 0 Å². The highest BCUT2D eigenvalue weighted by Crippen LogP contribution is 2.43. The van der Waals surface area contributed by atoms with Gasteiger partial charge in [-0.15, -0.1) is 0 Å². The van der Waals surface area contributed by atoms with Crippen molar-refractivity contribution in [3.63, 3.8) is 0 Å². The van der Waals surface area contributed by atoms with Crippen LogP contribution in [0.4, 0.5) is 0 Å². The molecule has 274 valence electrons. The van der Waals surface area contributed by atoms with Gasteiger partial charge in [-0.05, 0) is 130 Å². The smallest absolute Gasteiger partial charge is 0.149 e. The lowest BCUT2D eigenvalue weighted by Gasteiger charge is -2.21. The molecule has 0 aliphatic carbocycles. The first-order chi connectivity index (χ1) is 26.2. The molecule has 55 heavy (non-hydrogen) atoms. The number of aromatic hydroxyl groups is 1. The molecule has 0 atom stereocenters. The third kappa shape index (κ3) is 6.50.